The Labute approximate surface area is 123 Å². The number of aryl methyl sites for hydroxylation is 1. The summed E-state index contributed by atoms with van der Waals surface area (Å²) in [4.78, 5) is 11.9. The van der Waals surface area contributed by atoms with E-state index in [0.29, 0.717) is 19.0 Å². The zero-order chi connectivity index (χ0) is 15.2. The van der Waals surface area contributed by atoms with Crippen LogP contribution in [0.15, 0.2) is 24.3 Å². The first-order valence-electron chi connectivity index (χ1n) is 6.88. The van der Waals surface area contributed by atoms with Gasteiger partial charge in [-0.05, 0) is 13.8 Å². The first kappa shape index (κ1) is 15.2. The number of methoxy groups -OCH3 is 1. The minimum Gasteiger partial charge on any atom is -0.383 e. The predicted octanol–water partition coefficient (Wildman–Crippen LogP) is 1.50. The number of anilines is 1. The Bertz CT molecular complexity index is 630. The summed E-state index contributed by atoms with van der Waals surface area (Å²) >= 11 is 0. The molecule has 1 aromatic carbocycles. The van der Waals surface area contributed by atoms with Crippen molar-refractivity contribution in [2.75, 3.05) is 25.6 Å². The van der Waals surface area contributed by atoms with Crippen LogP contribution in [-0.2, 0) is 9.53 Å². The van der Waals surface area contributed by atoms with Crippen LogP contribution in [0.4, 0.5) is 5.82 Å². The summed E-state index contributed by atoms with van der Waals surface area (Å²) in [5.74, 6) is 0.518. The van der Waals surface area contributed by atoms with Crippen LogP contribution in [0, 0.1) is 6.92 Å². The highest BCUT2D eigenvalue weighted by atomic mass is 16.5. The van der Waals surface area contributed by atoms with Gasteiger partial charge in [0.1, 0.15) is 6.04 Å². The zero-order valence-corrected chi connectivity index (χ0v) is 12.5. The Morgan fingerprint density at radius 2 is 2.00 bits per heavy atom. The first-order valence-corrected chi connectivity index (χ1v) is 6.88. The van der Waals surface area contributed by atoms with Gasteiger partial charge in [-0.1, -0.05) is 24.3 Å². The summed E-state index contributed by atoms with van der Waals surface area (Å²) in [7, 11) is 1.60. The number of hydrogen-bond donors (Lipinski definition) is 2. The molecule has 0 spiro atoms. The molecule has 1 amide bonds. The minimum absolute atomic E-state index is 0.0986. The molecular formula is C15H20N4O2. The molecule has 0 bridgehead atoms. The Balaban J connectivity index is 2.13. The lowest BCUT2D eigenvalue weighted by Gasteiger charge is -2.15. The standard InChI is InChI=1S/C15H20N4O2/c1-10-12-6-4-5-7-13(12)14(19-18-10)17-11(2)15(20)16-8-9-21-3/h4-7,11H,8-9H2,1-3H3,(H,16,20)(H,17,19). The van der Waals surface area contributed by atoms with Crippen LogP contribution in [0.25, 0.3) is 10.8 Å². The summed E-state index contributed by atoms with van der Waals surface area (Å²) < 4.78 is 4.90. The second-order valence-corrected chi connectivity index (χ2v) is 4.83. The molecular weight excluding hydrogens is 268 g/mol. The quantitative estimate of drug-likeness (QED) is 0.788. The molecule has 112 valence electrons. The molecule has 1 heterocycles. The van der Waals surface area contributed by atoms with Gasteiger partial charge >= 0.3 is 0 Å². The number of fused-ring (bicyclic) bond motifs is 1. The summed E-state index contributed by atoms with van der Waals surface area (Å²) in [6.07, 6.45) is 0. The fraction of sp³-hybridized carbons (Fsp3) is 0.400. The van der Waals surface area contributed by atoms with Gasteiger partial charge in [-0.15, -0.1) is 5.10 Å². The maximum atomic E-state index is 11.9. The van der Waals surface area contributed by atoms with Crippen LogP contribution in [0.5, 0.6) is 0 Å². The lowest BCUT2D eigenvalue weighted by atomic mass is 10.1. The molecule has 0 radical (unpaired) electrons. The Hall–Kier alpha value is -2.21. The topological polar surface area (TPSA) is 76.1 Å². The maximum Gasteiger partial charge on any atom is 0.242 e. The van der Waals surface area contributed by atoms with Crippen molar-refractivity contribution in [1.82, 2.24) is 15.5 Å². The van der Waals surface area contributed by atoms with E-state index in [2.05, 4.69) is 20.8 Å². The third-order valence-corrected chi connectivity index (χ3v) is 3.22. The number of carbonyl (C=O) groups excluding carboxylic acids is 1. The van der Waals surface area contributed by atoms with Crippen molar-refractivity contribution in [3.63, 3.8) is 0 Å². The van der Waals surface area contributed by atoms with Crippen LogP contribution in [0.2, 0.25) is 0 Å². The van der Waals surface area contributed by atoms with Gasteiger partial charge in [-0.2, -0.15) is 5.10 Å². The molecule has 1 atom stereocenters. The third kappa shape index (κ3) is 3.66. The highest BCUT2D eigenvalue weighted by Gasteiger charge is 2.15. The van der Waals surface area contributed by atoms with Gasteiger partial charge in [-0.25, -0.2) is 0 Å². The van der Waals surface area contributed by atoms with E-state index < -0.39 is 6.04 Å². The van der Waals surface area contributed by atoms with E-state index in [0.717, 1.165) is 16.5 Å². The smallest absolute Gasteiger partial charge is 0.242 e. The van der Waals surface area contributed by atoms with Gasteiger partial charge in [0.2, 0.25) is 5.91 Å². The lowest BCUT2D eigenvalue weighted by Crippen LogP contribution is -2.39. The number of benzene rings is 1. The molecule has 2 aromatic rings. The van der Waals surface area contributed by atoms with Gasteiger partial charge in [0.05, 0.1) is 12.3 Å². The van der Waals surface area contributed by atoms with Gasteiger partial charge in [0.25, 0.3) is 0 Å². The SMILES string of the molecule is COCCNC(=O)C(C)Nc1nnc(C)c2ccccc12. The summed E-state index contributed by atoms with van der Waals surface area (Å²) in [6.45, 7) is 4.69. The van der Waals surface area contributed by atoms with Crippen molar-refractivity contribution in [2.45, 2.75) is 19.9 Å². The van der Waals surface area contributed by atoms with Crippen LogP contribution in [-0.4, -0.2) is 42.4 Å². The molecule has 6 heteroatoms. The number of hydrogen-bond acceptors (Lipinski definition) is 5. The van der Waals surface area contributed by atoms with E-state index in [4.69, 9.17) is 4.74 Å². The zero-order valence-electron chi connectivity index (χ0n) is 12.5. The Morgan fingerprint density at radius 1 is 1.29 bits per heavy atom. The Kier molecular flexibility index (Phi) is 5.05. The molecule has 0 aliphatic carbocycles. The number of ether oxygens (including phenoxy) is 1. The van der Waals surface area contributed by atoms with Crippen molar-refractivity contribution >= 4 is 22.5 Å². The fourth-order valence-corrected chi connectivity index (χ4v) is 2.04. The number of amides is 1. The van der Waals surface area contributed by atoms with E-state index in [9.17, 15) is 4.79 Å². The van der Waals surface area contributed by atoms with Gasteiger partial charge in [0, 0.05) is 24.4 Å². The predicted molar refractivity (Wildman–Crippen MR) is 82.2 cm³/mol. The number of aromatic nitrogens is 2. The monoisotopic (exact) mass is 288 g/mol. The second kappa shape index (κ2) is 6.99. The van der Waals surface area contributed by atoms with E-state index in [1.165, 1.54) is 0 Å². The van der Waals surface area contributed by atoms with Gasteiger partial charge < -0.3 is 15.4 Å². The van der Waals surface area contributed by atoms with Crippen molar-refractivity contribution in [1.29, 1.82) is 0 Å². The largest absolute Gasteiger partial charge is 0.383 e. The van der Waals surface area contributed by atoms with Crippen molar-refractivity contribution in [3.05, 3.63) is 30.0 Å². The average Bonchev–Trinajstić information content (AvgIpc) is 2.50. The van der Waals surface area contributed by atoms with Crippen LogP contribution < -0.4 is 10.6 Å². The molecule has 2 N–H and O–H groups in total. The average molecular weight is 288 g/mol. The van der Waals surface area contributed by atoms with E-state index in [-0.39, 0.29) is 5.91 Å². The summed E-state index contributed by atoms with van der Waals surface area (Å²) in [6, 6.07) is 7.46. The molecule has 0 saturated heterocycles. The molecule has 6 nitrogen and oxygen atoms in total. The fourth-order valence-electron chi connectivity index (χ4n) is 2.04. The summed E-state index contributed by atoms with van der Waals surface area (Å²) in [5, 5.41) is 16.2. The molecule has 2 rings (SSSR count). The molecule has 0 aliphatic rings. The third-order valence-electron chi connectivity index (χ3n) is 3.22. The second-order valence-electron chi connectivity index (χ2n) is 4.83. The first-order chi connectivity index (χ1) is 10.1. The highest BCUT2D eigenvalue weighted by molar-refractivity contribution is 5.94. The lowest BCUT2D eigenvalue weighted by molar-refractivity contribution is -0.121. The maximum absolute atomic E-state index is 11.9. The molecule has 21 heavy (non-hydrogen) atoms. The molecule has 1 unspecified atom stereocenters. The molecule has 0 saturated carbocycles. The van der Waals surface area contributed by atoms with Crippen LogP contribution in [0.3, 0.4) is 0 Å². The van der Waals surface area contributed by atoms with Gasteiger partial charge in [0.15, 0.2) is 5.82 Å². The highest BCUT2D eigenvalue weighted by Crippen LogP contribution is 2.22. The molecule has 0 fully saturated rings. The Morgan fingerprint density at radius 3 is 2.71 bits per heavy atom. The number of carbonyl (C=O) groups is 1. The van der Waals surface area contributed by atoms with E-state index in [1.807, 2.05) is 31.2 Å². The molecule has 1 aromatic heterocycles. The van der Waals surface area contributed by atoms with Crippen LogP contribution in [0.1, 0.15) is 12.6 Å². The van der Waals surface area contributed by atoms with Gasteiger partial charge in [-0.3, -0.25) is 4.79 Å². The number of nitrogens with zero attached hydrogens (tertiary/aromatic N) is 2. The van der Waals surface area contributed by atoms with Crippen molar-refractivity contribution in [3.8, 4) is 0 Å². The van der Waals surface area contributed by atoms with E-state index in [1.54, 1.807) is 14.0 Å². The van der Waals surface area contributed by atoms with Crippen LogP contribution >= 0.6 is 0 Å². The minimum atomic E-state index is -0.401. The van der Waals surface area contributed by atoms with Crippen molar-refractivity contribution in [2.24, 2.45) is 0 Å². The normalized spacial score (nSPS) is 12.1. The van der Waals surface area contributed by atoms with E-state index >= 15 is 0 Å². The summed E-state index contributed by atoms with van der Waals surface area (Å²) in [5.41, 5.74) is 0.869. The molecule has 0 aliphatic heterocycles. The number of rotatable bonds is 6. The number of nitrogens with one attached hydrogen (secondary N) is 2. The van der Waals surface area contributed by atoms with Crippen molar-refractivity contribution < 1.29 is 9.53 Å².